The number of nitrogens with zero attached hydrogens (tertiary/aromatic N) is 1. The third-order valence-electron chi connectivity index (χ3n) is 2.70. The van der Waals surface area contributed by atoms with E-state index in [2.05, 4.69) is 4.85 Å². The van der Waals surface area contributed by atoms with Gasteiger partial charge in [0.2, 0.25) is 5.69 Å². The Morgan fingerprint density at radius 2 is 2.18 bits per heavy atom. The Kier molecular flexibility index (Phi) is 3.26. The first-order chi connectivity index (χ1) is 8.04. The van der Waals surface area contributed by atoms with Crippen molar-refractivity contribution in [1.29, 1.82) is 0 Å². The molecule has 1 aromatic carbocycles. The number of hydrogen-bond acceptors (Lipinski definition) is 1. The van der Waals surface area contributed by atoms with Crippen LogP contribution in [0, 0.1) is 12.4 Å². The molecule has 2 rings (SSSR count). The molecule has 1 fully saturated rings. The average molecular weight is 254 g/mol. The van der Waals surface area contributed by atoms with Crippen LogP contribution in [0.15, 0.2) is 6.07 Å². The lowest BCUT2D eigenvalue weighted by atomic mass is 10.00. The zero-order valence-electron chi connectivity index (χ0n) is 9.76. The van der Waals surface area contributed by atoms with Gasteiger partial charge in [0.1, 0.15) is 11.6 Å². The van der Waals surface area contributed by atoms with Crippen molar-refractivity contribution in [2.24, 2.45) is 0 Å². The Bertz CT molecular complexity index is 489. The van der Waals surface area contributed by atoms with Crippen LogP contribution >= 0.6 is 11.6 Å². The van der Waals surface area contributed by atoms with Gasteiger partial charge >= 0.3 is 0 Å². The van der Waals surface area contributed by atoms with E-state index in [1.165, 1.54) is 6.07 Å². The second-order valence-corrected chi connectivity index (χ2v) is 4.92. The Morgan fingerprint density at radius 1 is 1.53 bits per heavy atom. The van der Waals surface area contributed by atoms with E-state index in [4.69, 9.17) is 22.9 Å². The molecule has 0 amide bonds. The molecule has 90 valence electrons. The van der Waals surface area contributed by atoms with Crippen molar-refractivity contribution in [1.82, 2.24) is 0 Å². The summed E-state index contributed by atoms with van der Waals surface area (Å²) in [5, 5.41) is 0.0248. The van der Waals surface area contributed by atoms with Gasteiger partial charge in [0, 0.05) is 5.56 Å². The number of rotatable bonds is 3. The summed E-state index contributed by atoms with van der Waals surface area (Å²) in [5.74, 6) is -0.187. The molecular weight excluding hydrogens is 241 g/mol. The number of hydrogen-bond donors (Lipinski definition) is 0. The van der Waals surface area contributed by atoms with Gasteiger partial charge in [0.05, 0.1) is 17.7 Å². The molecule has 1 aliphatic carbocycles. The molecule has 2 nitrogen and oxygen atoms in total. The SMILES string of the molecule is [C-]#[N+]c1c(OC2CC2)cc(Cl)c(F)c1C(C)C. The predicted octanol–water partition coefficient (Wildman–Crippen LogP) is 4.69. The van der Waals surface area contributed by atoms with Crippen molar-refractivity contribution in [3.8, 4) is 5.75 Å². The maximum atomic E-state index is 13.9. The second-order valence-electron chi connectivity index (χ2n) is 4.52. The lowest BCUT2D eigenvalue weighted by Gasteiger charge is -2.15. The van der Waals surface area contributed by atoms with Crippen LogP contribution in [0.1, 0.15) is 38.2 Å². The van der Waals surface area contributed by atoms with Crippen molar-refractivity contribution in [2.45, 2.75) is 38.7 Å². The highest BCUT2D eigenvalue weighted by molar-refractivity contribution is 6.31. The molecular formula is C13H13ClFNO. The van der Waals surface area contributed by atoms with E-state index in [9.17, 15) is 4.39 Å². The van der Waals surface area contributed by atoms with Crippen LogP contribution in [0.4, 0.5) is 10.1 Å². The third-order valence-corrected chi connectivity index (χ3v) is 2.97. The molecule has 17 heavy (non-hydrogen) atoms. The summed E-state index contributed by atoms with van der Waals surface area (Å²) in [6, 6.07) is 1.41. The molecule has 4 heteroatoms. The van der Waals surface area contributed by atoms with Crippen molar-refractivity contribution in [3.05, 3.63) is 33.9 Å². The molecule has 0 saturated heterocycles. The molecule has 0 unspecified atom stereocenters. The van der Waals surface area contributed by atoms with Crippen molar-refractivity contribution in [2.75, 3.05) is 0 Å². The predicted molar refractivity (Wildman–Crippen MR) is 65.4 cm³/mol. The molecule has 1 aromatic rings. The summed E-state index contributed by atoms with van der Waals surface area (Å²) in [6.45, 7) is 10.9. The Labute approximate surface area is 105 Å². The van der Waals surface area contributed by atoms with Gasteiger partial charge in [-0.25, -0.2) is 9.24 Å². The molecule has 0 heterocycles. The summed E-state index contributed by atoms with van der Waals surface area (Å²) >= 11 is 5.84. The van der Waals surface area contributed by atoms with Crippen LogP contribution < -0.4 is 4.74 Å². The zero-order chi connectivity index (χ0) is 12.6. The zero-order valence-corrected chi connectivity index (χ0v) is 10.5. The van der Waals surface area contributed by atoms with Gasteiger partial charge in [0.25, 0.3) is 0 Å². The van der Waals surface area contributed by atoms with Crippen LogP contribution in [0.3, 0.4) is 0 Å². The van der Waals surface area contributed by atoms with Crippen LogP contribution in [0.25, 0.3) is 4.85 Å². The van der Waals surface area contributed by atoms with E-state index in [0.717, 1.165) is 12.8 Å². The lowest BCUT2D eigenvalue weighted by Crippen LogP contribution is -2.01. The van der Waals surface area contributed by atoms with Gasteiger partial charge in [-0.3, -0.25) is 0 Å². The lowest BCUT2D eigenvalue weighted by molar-refractivity contribution is 0.304. The summed E-state index contributed by atoms with van der Waals surface area (Å²) in [5.41, 5.74) is 0.608. The minimum atomic E-state index is -0.504. The maximum Gasteiger partial charge on any atom is 0.234 e. The van der Waals surface area contributed by atoms with Gasteiger partial charge in [-0.05, 0) is 24.8 Å². The number of halogens is 2. The monoisotopic (exact) mass is 253 g/mol. The first kappa shape index (κ1) is 12.2. The van der Waals surface area contributed by atoms with E-state index in [0.29, 0.717) is 11.3 Å². The van der Waals surface area contributed by atoms with E-state index in [1.807, 2.05) is 13.8 Å². The van der Waals surface area contributed by atoms with Crippen LogP contribution in [-0.2, 0) is 0 Å². The topological polar surface area (TPSA) is 13.6 Å². The highest BCUT2D eigenvalue weighted by atomic mass is 35.5. The molecule has 1 aliphatic rings. The average Bonchev–Trinajstić information content (AvgIpc) is 3.06. The van der Waals surface area contributed by atoms with E-state index in [1.54, 1.807) is 0 Å². The number of benzene rings is 1. The van der Waals surface area contributed by atoms with Crippen LogP contribution in [0.5, 0.6) is 5.75 Å². The van der Waals surface area contributed by atoms with Crippen molar-refractivity contribution < 1.29 is 9.13 Å². The van der Waals surface area contributed by atoms with Gasteiger partial charge in [0.15, 0.2) is 0 Å². The largest absolute Gasteiger partial charge is 0.501 e. The highest BCUT2D eigenvalue weighted by Crippen LogP contribution is 2.43. The van der Waals surface area contributed by atoms with Gasteiger partial charge in [-0.1, -0.05) is 25.4 Å². The molecule has 0 radical (unpaired) electrons. The Balaban J connectivity index is 2.55. The molecule has 0 atom stereocenters. The molecule has 0 bridgehead atoms. The fourth-order valence-electron chi connectivity index (χ4n) is 1.71. The Hall–Kier alpha value is -1.27. The molecule has 0 aromatic heterocycles. The normalized spacial score (nSPS) is 14.8. The van der Waals surface area contributed by atoms with E-state index in [-0.39, 0.29) is 22.7 Å². The fraction of sp³-hybridized carbons (Fsp3) is 0.462. The maximum absolute atomic E-state index is 13.9. The summed E-state index contributed by atoms with van der Waals surface area (Å²) in [4.78, 5) is 3.40. The first-order valence-corrected chi connectivity index (χ1v) is 5.98. The molecule has 0 N–H and O–H groups in total. The van der Waals surface area contributed by atoms with Crippen molar-refractivity contribution in [3.63, 3.8) is 0 Å². The Morgan fingerprint density at radius 3 is 2.65 bits per heavy atom. The van der Waals surface area contributed by atoms with E-state index < -0.39 is 5.82 Å². The summed E-state index contributed by atoms with van der Waals surface area (Å²) in [7, 11) is 0. The van der Waals surface area contributed by atoms with E-state index >= 15 is 0 Å². The first-order valence-electron chi connectivity index (χ1n) is 5.60. The van der Waals surface area contributed by atoms with Crippen LogP contribution in [-0.4, -0.2) is 6.10 Å². The van der Waals surface area contributed by atoms with Gasteiger partial charge in [-0.15, -0.1) is 0 Å². The van der Waals surface area contributed by atoms with Crippen LogP contribution in [0.2, 0.25) is 5.02 Å². The van der Waals surface area contributed by atoms with Crippen molar-refractivity contribution >= 4 is 17.3 Å². The molecule has 0 aliphatic heterocycles. The van der Waals surface area contributed by atoms with Gasteiger partial charge in [-0.2, -0.15) is 0 Å². The minimum Gasteiger partial charge on any atom is -0.501 e. The standard InChI is InChI=1S/C13H13ClFNO/c1-7(2)11-12(15)9(14)6-10(13(11)16-3)17-8-4-5-8/h6-8H,4-5H2,1-2H3. The molecule has 1 saturated carbocycles. The van der Waals surface area contributed by atoms with Gasteiger partial charge < -0.3 is 4.74 Å². The summed E-state index contributed by atoms with van der Waals surface area (Å²) in [6.07, 6.45) is 2.14. The second kappa shape index (κ2) is 4.54. The highest BCUT2D eigenvalue weighted by Gasteiger charge is 2.27. The smallest absolute Gasteiger partial charge is 0.234 e. The summed E-state index contributed by atoms with van der Waals surface area (Å²) < 4.78 is 19.5. The number of ether oxygens (including phenoxy) is 1. The quantitative estimate of drug-likeness (QED) is 0.712. The molecule has 0 spiro atoms. The minimum absolute atomic E-state index is 0.0248. The fourth-order valence-corrected chi connectivity index (χ4v) is 1.91. The third kappa shape index (κ3) is 2.37.